The average molecular weight is 212 g/mol. The van der Waals surface area contributed by atoms with E-state index < -0.39 is 0 Å². The maximum atomic E-state index is 6.13. The largest absolute Gasteiger partial charge is 0.350 e. The Balaban J connectivity index is 1.71. The SMILES string of the molecule is C1CCCC2(CC1)OC1CCCOC1O2. The highest BCUT2D eigenvalue weighted by atomic mass is 16.8. The lowest BCUT2D eigenvalue weighted by molar-refractivity contribution is -0.215. The molecular weight excluding hydrogens is 192 g/mol. The molecule has 3 nitrogen and oxygen atoms in total. The lowest BCUT2D eigenvalue weighted by Gasteiger charge is -2.25. The van der Waals surface area contributed by atoms with Crippen molar-refractivity contribution in [2.75, 3.05) is 6.61 Å². The van der Waals surface area contributed by atoms with Crippen molar-refractivity contribution >= 4 is 0 Å². The molecule has 0 aromatic heterocycles. The molecular formula is C12H20O3. The first-order valence-electron chi connectivity index (χ1n) is 6.35. The van der Waals surface area contributed by atoms with Gasteiger partial charge in [-0.15, -0.1) is 0 Å². The van der Waals surface area contributed by atoms with Crippen LogP contribution in [-0.2, 0) is 14.2 Å². The van der Waals surface area contributed by atoms with Crippen LogP contribution in [0, 0.1) is 0 Å². The van der Waals surface area contributed by atoms with Crippen LogP contribution in [0.2, 0.25) is 0 Å². The van der Waals surface area contributed by atoms with E-state index in [0.29, 0.717) is 0 Å². The Kier molecular flexibility index (Phi) is 2.71. The summed E-state index contributed by atoms with van der Waals surface area (Å²) in [5.74, 6) is -0.282. The molecule has 0 aromatic rings. The van der Waals surface area contributed by atoms with E-state index in [9.17, 15) is 0 Å². The highest BCUT2D eigenvalue weighted by Crippen LogP contribution is 2.42. The fourth-order valence-corrected chi connectivity index (χ4v) is 2.97. The van der Waals surface area contributed by atoms with Gasteiger partial charge in [0.1, 0.15) is 6.10 Å². The van der Waals surface area contributed by atoms with Gasteiger partial charge in [0.2, 0.25) is 0 Å². The fourth-order valence-electron chi connectivity index (χ4n) is 2.97. The molecule has 1 aliphatic carbocycles. The third-order valence-electron chi connectivity index (χ3n) is 3.78. The summed E-state index contributed by atoms with van der Waals surface area (Å²) in [6.07, 6.45) is 9.59. The first kappa shape index (κ1) is 10.1. The third-order valence-corrected chi connectivity index (χ3v) is 3.78. The molecule has 3 fully saturated rings. The van der Waals surface area contributed by atoms with Gasteiger partial charge in [0, 0.05) is 19.4 Å². The monoisotopic (exact) mass is 212 g/mol. The Labute approximate surface area is 91.1 Å². The predicted molar refractivity (Wildman–Crippen MR) is 55.4 cm³/mol. The molecule has 3 heteroatoms. The summed E-state index contributed by atoms with van der Waals surface area (Å²) in [5.41, 5.74) is 0. The van der Waals surface area contributed by atoms with Gasteiger partial charge in [0.05, 0.1) is 0 Å². The van der Waals surface area contributed by atoms with Crippen molar-refractivity contribution < 1.29 is 14.2 Å². The van der Waals surface area contributed by atoms with Crippen LogP contribution in [0.4, 0.5) is 0 Å². The minimum absolute atomic E-state index is 0.0724. The fraction of sp³-hybridized carbons (Fsp3) is 1.00. The second kappa shape index (κ2) is 4.04. The van der Waals surface area contributed by atoms with Gasteiger partial charge >= 0.3 is 0 Å². The zero-order valence-corrected chi connectivity index (χ0v) is 9.24. The van der Waals surface area contributed by atoms with Crippen molar-refractivity contribution in [2.45, 2.75) is 69.5 Å². The van der Waals surface area contributed by atoms with Gasteiger partial charge in [0.25, 0.3) is 0 Å². The maximum absolute atomic E-state index is 6.13. The Morgan fingerprint density at radius 3 is 2.40 bits per heavy atom. The molecule has 86 valence electrons. The molecule has 2 atom stereocenters. The summed E-state index contributed by atoms with van der Waals surface area (Å²) < 4.78 is 17.8. The minimum atomic E-state index is -0.282. The summed E-state index contributed by atoms with van der Waals surface area (Å²) in [7, 11) is 0. The van der Waals surface area contributed by atoms with Crippen LogP contribution in [0.1, 0.15) is 51.4 Å². The summed E-state index contributed by atoms with van der Waals surface area (Å²) in [6, 6.07) is 0. The molecule has 2 aliphatic heterocycles. The van der Waals surface area contributed by atoms with Crippen LogP contribution in [0.3, 0.4) is 0 Å². The van der Waals surface area contributed by atoms with Crippen LogP contribution in [-0.4, -0.2) is 24.8 Å². The summed E-state index contributed by atoms with van der Waals surface area (Å²) in [6.45, 7) is 0.834. The Morgan fingerprint density at radius 1 is 0.867 bits per heavy atom. The number of hydrogen-bond acceptors (Lipinski definition) is 3. The van der Waals surface area contributed by atoms with E-state index in [1.807, 2.05) is 0 Å². The molecule has 3 rings (SSSR count). The van der Waals surface area contributed by atoms with Crippen molar-refractivity contribution in [1.82, 2.24) is 0 Å². The second-order valence-corrected chi connectivity index (χ2v) is 4.98. The third kappa shape index (κ3) is 1.93. The van der Waals surface area contributed by atoms with Gasteiger partial charge in [-0.25, -0.2) is 0 Å². The van der Waals surface area contributed by atoms with Gasteiger partial charge in [0.15, 0.2) is 12.1 Å². The quantitative estimate of drug-likeness (QED) is 0.617. The zero-order valence-electron chi connectivity index (χ0n) is 9.24. The van der Waals surface area contributed by atoms with Gasteiger partial charge in [-0.1, -0.05) is 12.8 Å². The average Bonchev–Trinajstić information content (AvgIpc) is 2.45. The molecule has 2 unspecified atom stereocenters. The molecule has 0 radical (unpaired) electrons. The highest BCUT2D eigenvalue weighted by Gasteiger charge is 2.48. The minimum Gasteiger partial charge on any atom is -0.350 e. The normalized spacial score (nSPS) is 40.0. The number of fused-ring (bicyclic) bond motifs is 1. The van der Waals surface area contributed by atoms with Crippen LogP contribution in [0.15, 0.2) is 0 Å². The van der Waals surface area contributed by atoms with Crippen molar-refractivity contribution in [2.24, 2.45) is 0 Å². The lowest BCUT2D eigenvalue weighted by Crippen LogP contribution is -2.31. The van der Waals surface area contributed by atoms with E-state index in [-0.39, 0.29) is 18.2 Å². The Hall–Kier alpha value is -0.120. The molecule has 3 aliphatic rings. The van der Waals surface area contributed by atoms with E-state index >= 15 is 0 Å². The molecule has 0 N–H and O–H groups in total. The molecule has 0 aromatic carbocycles. The zero-order chi connectivity index (χ0) is 10.1. The van der Waals surface area contributed by atoms with Crippen LogP contribution in [0.5, 0.6) is 0 Å². The van der Waals surface area contributed by atoms with Crippen LogP contribution >= 0.6 is 0 Å². The predicted octanol–water partition coefficient (Wildman–Crippen LogP) is 2.59. The number of ether oxygens (including phenoxy) is 3. The van der Waals surface area contributed by atoms with Crippen molar-refractivity contribution in [3.05, 3.63) is 0 Å². The molecule has 1 spiro atoms. The second-order valence-electron chi connectivity index (χ2n) is 4.98. The van der Waals surface area contributed by atoms with Crippen molar-refractivity contribution in [3.63, 3.8) is 0 Å². The first-order valence-corrected chi connectivity index (χ1v) is 6.35. The molecule has 0 bridgehead atoms. The summed E-state index contributed by atoms with van der Waals surface area (Å²) >= 11 is 0. The van der Waals surface area contributed by atoms with Gasteiger partial charge in [-0.3, -0.25) is 0 Å². The van der Waals surface area contributed by atoms with Gasteiger partial charge < -0.3 is 14.2 Å². The van der Waals surface area contributed by atoms with Crippen LogP contribution in [0.25, 0.3) is 0 Å². The lowest BCUT2D eigenvalue weighted by atomic mass is 10.1. The Bertz CT molecular complexity index is 205. The van der Waals surface area contributed by atoms with E-state index in [2.05, 4.69) is 0 Å². The van der Waals surface area contributed by atoms with E-state index in [1.165, 1.54) is 25.7 Å². The molecule has 1 saturated carbocycles. The van der Waals surface area contributed by atoms with E-state index in [4.69, 9.17) is 14.2 Å². The van der Waals surface area contributed by atoms with E-state index in [1.54, 1.807) is 0 Å². The number of rotatable bonds is 0. The summed E-state index contributed by atoms with van der Waals surface area (Å²) in [4.78, 5) is 0. The van der Waals surface area contributed by atoms with Crippen molar-refractivity contribution in [1.29, 1.82) is 0 Å². The molecule has 15 heavy (non-hydrogen) atoms. The van der Waals surface area contributed by atoms with Crippen molar-refractivity contribution in [3.8, 4) is 0 Å². The smallest absolute Gasteiger partial charge is 0.187 e. The maximum Gasteiger partial charge on any atom is 0.187 e. The molecule has 2 saturated heterocycles. The molecule has 0 amide bonds. The number of hydrogen-bond donors (Lipinski definition) is 0. The van der Waals surface area contributed by atoms with E-state index in [0.717, 1.165) is 32.3 Å². The standard InChI is InChI=1S/C12H20O3/c1-2-4-8-12(7-3-1)14-10-6-5-9-13-11(10)15-12/h10-11H,1-9H2. The summed E-state index contributed by atoms with van der Waals surface area (Å²) in [5, 5.41) is 0. The highest BCUT2D eigenvalue weighted by molar-refractivity contribution is 4.85. The first-order chi connectivity index (χ1) is 7.38. The van der Waals surface area contributed by atoms with Gasteiger partial charge in [-0.05, 0) is 25.7 Å². The van der Waals surface area contributed by atoms with Gasteiger partial charge in [-0.2, -0.15) is 0 Å². The molecule has 2 heterocycles. The topological polar surface area (TPSA) is 27.7 Å². The van der Waals surface area contributed by atoms with Crippen LogP contribution < -0.4 is 0 Å². The Morgan fingerprint density at radius 2 is 1.67 bits per heavy atom.